The van der Waals surface area contributed by atoms with Crippen LogP contribution in [0.2, 0.25) is 0 Å². The molecule has 0 spiro atoms. The number of anilines is 1. The maximum Gasteiger partial charge on any atom is 0.277 e. The number of hydrogen-bond donors (Lipinski definition) is 1. The van der Waals surface area contributed by atoms with Crippen LogP contribution >= 0.6 is 0 Å². The Balaban J connectivity index is 1.83. The predicted octanol–water partition coefficient (Wildman–Crippen LogP) is 2.99. The molecule has 1 aliphatic heterocycles. The third kappa shape index (κ3) is 4.11. The van der Waals surface area contributed by atoms with E-state index in [4.69, 9.17) is 0 Å². The van der Waals surface area contributed by atoms with Crippen LogP contribution in [0.25, 0.3) is 0 Å². The first kappa shape index (κ1) is 19.0. The summed E-state index contributed by atoms with van der Waals surface area (Å²) in [5.74, 6) is -0.892. The van der Waals surface area contributed by atoms with Crippen LogP contribution in [0, 0.1) is 20.2 Å². The minimum Gasteiger partial charge on any atom is -0.339 e. The second-order valence-electron chi connectivity index (χ2n) is 6.29. The van der Waals surface area contributed by atoms with Crippen molar-refractivity contribution in [2.45, 2.75) is 12.8 Å². The minimum absolute atomic E-state index is 0.139. The van der Waals surface area contributed by atoms with Crippen molar-refractivity contribution < 1.29 is 19.4 Å². The Hall–Kier alpha value is -3.82. The molecule has 0 aliphatic carbocycles. The minimum atomic E-state index is -0.806. The van der Waals surface area contributed by atoms with E-state index < -0.39 is 27.1 Å². The first-order valence-electron chi connectivity index (χ1n) is 8.50. The van der Waals surface area contributed by atoms with Crippen molar-refractivity contribution >= 4 is 28.9 Å². The third-order valence-corrected chi connectivity index (χ3v) is 4.35. The summed E-state index contributed by atoms with van der Waals surface area (Å²) in [7, 11) is 0. The molecular formula is C18H16N4O6. The van der Waals surface area contributed by atoms with Crippen LogP contribution in [0.4, 0.5) is 17.1 Å². The van der Waals surface area contributed by atoms with Gasteiger partial charge in [0.15, 0.2) is 0 Å². The van der Waals surface area contributed by atoms with E-state index in [0.29, 0.717) is 24.3 Å². The third-order valence-electron chi connectivity index (χ3n) is 4.35. The van der Waals surface area contributed by atoms with E-state index in [1.807, 2.05) is 0 Å². The summed E-state index contributed by atoms with van der Waals surface area (Å²) < 4.78 is 0. The van der Waals surface area contributed by atoms with Gasteiger partial charge in [0.1, 0.15) is 0 Å². The molecule has 1 aliphatic rings. The molecule has 0 bridgehead atoms. The van der Waals surface area contributed by atoms with E-state index in [0.717, 1.165) is 31.0 Å². The molecule has 144 valence electrons. The van der Waals surface area contributed by atoms with Crippen LogP contribution in [0.15, 0.2) is 42.5 Å². The number of benzene rings is 2. The maximum atomic E-state index is 12.5. The molecular weight excluding hydrogens is 368 g/mol. The monoisotopic (exact) mass is 384 g/mol. The molecule has 0 saturated carbocycles. The van der Waals surface area contributed by atoms with Crippen molar-refractivity contribution in [1.82, 2.24) is 4.90 Å². The van der Waals surface area contributed by atoms with Crippen LogP contribution in [-0.2, 0) is 0 Å². The summed E-state index contributed by atoms with van der Waals surface area (Å²) in [4.78, 5) is 46.9. The first-order valence-corrected chi connectivity index (χ1v) is 8.50. The fourth-order valence-electron chi connectivity index (χ4n) is 2.97. The molecule has 0 atom stereocenters. The number of nitrogens with zero attached hydrogens (tertiary/aromatic N) is 3. The van der Waals surface area contributed by atoms with E-state index in [1.165, 1.54) is 6.07 Å². The molecule has 28 heavy (non-hydrogen) atoms. The fraction of sp³-hybridized carbons (Fsp3) is 0.222. The average Bonchev–Trinajstić information content (AvgIpc) is 3.22. The topological polar surface area (TPSA) is 136 Å². The van der Waals surface area contributed by atoms with E-state index >= 15 is 0 Å². The molecule has 2 aromatic rings. The van der Waals surface area contributed by atoms with Crippen LogP contribution in [0.3, 0.4) is 0 Å². The van der Waals surface area contributed by atoms with E-state index in [-0.39, 0.29) is 11.5 Å². The lowest BCUT2D eigenvalue weighted by Gasteiger charge is -2.15. The molecule has 0 radical (unpaired) electrons. The number of likely N-dealkylation sites (tertiary alicyclic amines) is 1. The second kappa shape index (κ2) is 7.82. The number of carbonyl (C=O) groups is 2. The van der Waals surface area contributed by atoms with Gasteiger partial charge in [0.25, 0.3) is 23.2 Å². The van der Waals surface area contributed by atoms with Gasteiger partial charge in [-0.05, 0) is 31.0 Å². The lowest BCUT2D eigenvalue weighted by Crippen LogP contribution is -2.27. The highest BCUT2D eigenvalue weighted by atomic mass is 16.6. The van der Waals surface area contributed by atoms with Gasteiger partial charge < -0.3 is 10.2 Å². The quantitative estimate of drug-likeness (QED) is 0.622. The Morgan fingerprint density at radius 1 is 0.893 bits per heavy atom. The van der Waals surface area contributed by atoms with Crippen molar-refractivity contribution in [2.24, 2.45) is 0 Å². The van der Waals surface area contributed by atoms with Gasteiger partial charge in [-0.3, -0.25) is 29.8 Å². The van der Waals surface area contributed by atoms with Crippen LogP contribution < -0.4 is 5.32 Å². The molecule has 2 aromatic carbocycles. The largest absolute Gasteiger partial charge is 0.339 e. The van der Waals surface area contributed by atoms with Crippen LogP contribution in [-0.4, -0.2) is 39.7 Å². The standard InChI is InChI=1S/C18H16N4O6/c23-17(13-9-15(21(25)26)11-16(10-13)22(27)28)19-14-5-3-4-12(8-14)18(24)20-6-1-2-7-20/h3-5,8-11H,1-2,6-7H2,(H,19,23). The van der Waals surface area contributed by atoms with Crippen molar-refractivity contribution in [1.29, 1.82) is 0 Å². The summed E-state index contributed by atoms with van der Waals surface area (Å²) in [5, 5.41) is 24.4. The Kier molecular flexibility index (Phi) is 5.30. The van der Waals surface area contributed by atoms with Gasteiger partial charge in [-0.15, -0.1) is 0 Å². The number of hydrogen-bond acceptors (Lipinski definition) is 6. The Labute approximate surface area is 159 Å². The van der Waals surface area contributed by atoms with E-state index in [9.17, 15) is 29.8 Å². The second-order valence-corrected chi connectivity index (χ2v) is 6.29. The number of nitrogens with one attached hydrogen (secondary N) is 1. The van der Waals surface area contributed by atoms with Gasteiger partial charge in [-0.2, -0.15) is 0 Å². The number of carbonyl (C=O) groups excluding carboxylic acids is 2. The summed E-state index contributed by atoms with van der Waals surface area (Å²) in [6, 6.07) is 9.01. The molecule has 10 nitrogen and oxygen atoms in total. The smallest absolute Gasteiger partial charge is 0.277 e. The number of nitro groups is 2. The van der Waals surface area contributed by atoms with Gasteiger partial charge in [0.05, 0.1) is 21.5 Å². The normalized spacial score (nSPS) is 13.2. The molecule has 1 saturated heterocycles. The van der Waals surface area contributed by atoms with Crippen LogP contribution in [0.5, 0.6) is 0 Å². The number of non-ortho nitro benzene ring substituents is 2. The van der Waals surface area contributed by atoms with Crippen molar-refractivity contribution in [3.05, 3.63) is 73.8 Å². The SMILES string of the molecule is O=C(Nc1cccc(C(=O)N2CCCC2)c1)c1cc([N+](=O)[O-])cc([N+](=O)[O-])c1. The van der Waals surface area contributed by atoms with Crippen molar-refractivity contribution in [3.8, 4) is 0 Å². The zero-order valence-corrected chi connectivity index (χ0v) is 14.7. The summed E-state index contributed by atoms with van der Waals surface area (Å²) in [6.45, 7) is 1.37. The Bertz CT molecular complexity index is 936. The first-order chi connectivity index (χ1) is 13.3. The van der Waals surface area contributed by atoms with Gasteiger partial charge >= 0.3 is 0 Å². The van der Waals surface area contributed by atoms with Gasteiger partial charge in [-0.1, -0.05) is 6.07 Å². The Morgan fingerprint density at radius 2 is 1.50 bits per heavy atom. The molecule has 1 N–H and O–H groups in total. The summed E-state index contributed by atoms with van der Waals surface area (Å²) in [5.41, 5.74) is -0.624. The molecule has 3 rings (SSSR count). The number of rotatable bonds is 5. The van der Waals surface area contributed by atoms with Crippen molar-refractivity contribution in [2.75, 3.05) is 18.4 Å². The molecule has 2 amide bonds. The van der Waals surface area contributed by atoms with Gasteiger partial charge in [-0.25, -0.2) is 0 Å². The average molecular weight is 384 g/mol. The van der Waals surface area contributed by atoms with E-state index in [1.54, 1.807) is 23.1 Å². The van der Waals surface area contributed by atoms with E-state index in [2.05, 4.69) is 5.32 Å². The molecule has 0 aromatic heterocycles. The predicted molar refractivity (Wildman–Crippen MR) is 99.3 cm³/mol. The molecule has 1 fully saturated rings. The number of amides is 2. The highest BCUT2D eigenvalue weighted by molar-refractivity contribution is 6.06. The molecule has 10 heteroatoms. The lowest BCUT2D eigenvalue weighted by molar-refractivity contribution is -0.394. The fourth-order valence-corrected chi connectivity index (χ4v) is 2.97. The summed E-state index contributed by atoms with van der Waals surface area (Å²) in [6.07, 6.45) is 1.90. The zero-order valence-electron chi connectivity index (χ0n) is 14.7. The van der Waals surface area contributed by atoms with Crippen molar-refractivity contribution in [3.63, 3.8) is 0 Å². The highest BCUT2D eigenvalue weighted by Crippen LogP contribution is 2.24. The highest BCUT2D eigenvalue weighted by Gasteiger charge is 2.21. The van der Waals surface area contributed by atoms with Gasteiger partial charge in [0.2, 0.25) is 0 Å². The summed E-state index contributed by atoms with van der Waals surface area (Å²) >= 11 is 0. The maximum absolute atomic E-state index is 12.5. The van der Waals surface area contributed by atoms with Crippen LogP contribution in [0.1, 0.15) is 33.6 Å². The van der Waals surface area contributed by atoms with Gasteiger partial charge in [0, 0.05) is 36.5 Å². The molecule has 0 unspecified atom stereocenters. The number of nitro benzene ring substituents is 2. The lowest BCUT2D eigenvalue weighted by atomic mass is 10.1. The Morgan fingerprint density at radius 3 is 2.07 bits per heavy atom. The molecule has 1 heterocycles. The zero-order chi connectivity index (χ0) is 20.3.